The van der Waals surface area contributed by atoms with E-state index in [1.807, 2.05) is 0 Å². The summed E-state index contributed by atoms with van der Waals surface area (Å²) in [6.45, 7) is 0. The largest absolute Gasteiger partial charge is 0.495 e. The molecule has 0 aromatic heterocycles. The topological polar surface area (TPSA) is 63.6 Å². The Hall–Kier alpha value is -2.28. The molecule has 0 aliphatic rings. The Morgan fingerprint density at radius 3 is 2.80 bits per heavy atom. The Morgan fingerprint density at radius 1 is 1.53 bits per heavy atom. The first-order chi connectivity index (χ1) is 7.19. The highest BCUT2D eigenvalue weighted by Gasteiger charge is 2.06. The Labute approximate surface area is 86.5 Å². The van der Waals surface area contributed by atoms with Gasteiger partial charge in [-0.05, 0) is 24.1 Å². The molecule has 0 aliphatic carbocycles. The summed E-state index contributed by atoms with van der Waals surface area (Å²) >= 11 is 0. The van der Waals surface area contributed by atoms with Crippen LogP contribution in [0.2, 0.25) is 0 Å². The summed E-state index contributed by atoms with van der Waals surface area (Å²) in [5.74, 6) is 4.09. The summed E-state index contributed by atoms with van der Waals surface area (Å²) in [6.07, 6.45) is 0.437. The molecule has 4 nitrogen and oxygen atoms in total. The van der Waals surface area contributed by atoms with Crippen molar-refractivity contribution in [3.63, 3.8) is 0 Å². The molecule has 0 spiro atoms. The first-order valence-electron chi connectivity index (χ1n) is 4.05. The average Bonchev–Trinajstić information content (AvgIpc) is 2.25. The molecule has 0 unspecified atom stereocenters. The lowest BCUT2D eigenvalue weighted by Gasteiger charge is -2.03. The lowest BCUT2D eigenvalue weighted by atomic mass is 10.1. The molecular weight excluding hydrogens is 196 g/mol. The van der Waals surface area contributed by atoms with Crippen LogP contribution in [-0.4, -0.2) is 24.5 Å². The maximum Gasteiger partial charge on any atom is 0.335 e. The summed E-state index contributed by atoms with van der Waals surface area (Å²) in [5.41, 5.74) is 0.482. The van der Waals surface area contributed by atoms with Crippen molar-refractivity contribution in [2.45, 2.75) is 0 Å². The number of hydrogen-bond donors (Lipinski definition) is 1. The van der Waals surface area contributed by atoms with E-state index >= 15 is 0 Å². The van der Waals surface area contributed by atoms with E-state index in [2.05, 4.69) is 11.8 Å². The van der Waals surface area contributed by atoms with Gasteiger partial charge in [-0.15, -0.1) is 0 Å². The highest BCUT2D eigenvalue weighted by Crippen LogP contribution is 2.18. The fraction of sp³-hybridized carbons (Fsp3) is 0.0909. The summed E-state index contributed by atoms with van der Waals surface area (Å²) in [6, 6.07) is 4.27. The highest BCUT2D eigenvalue weighted by molar-refractivity contribution is 5.88. The Morgan fingerprint density at radius 2 is 2.27 bits per heavy atom. The number of carbonyl (C=O) groups is 2. The third-order valence-electron chi connectivity index (χ3n) is 1.71. The van der Waals surface area contributed by atoms with Crippen molar-refractivity contribution in [3.05, 3.63) is 29.3 Å². The van der Waals surface area contributed by atoms with Gasteiger partial charge in [0.25, 0.3) is 0 Å². The molecular formula is C11H8O4. The number of carboxylic acids is 1. The fourth-order valence-corrected chi connectivity index (χ4v) is 1.05. The molecule has 1 N–H and O–H groups in total. The number of carboxylic acid groups (broad SMARTS) is 1. The van der Waals surface area contributed by atoms with E-state index in [4.69, 9.17) is 9.84 Å². The number of ether oxygens (including phenoxy) is 1. The van der Waals surface area contributed by atoms with Crippen LogP contribution >= 0.6 is 0 Å². The van der Waals surface area contributed by atoms with Crippen molar-refractivity contribution in [2.24, 2.45) is 0 Å². The van der Waals surface area contributed by atoms with Gasteiger partial charge in [0.15, 0.2) is 6.29 Å². The molecule has 1 aromatic rings. The van der Waals surface area contributed by atoms with Crippen LogP contribution in [0.3, 0.4) is 0 Å². The van der Waals surface area contributed by atoms with Crippen LogP contribution in [0.5, 0.6) is 5.75 Å². The van der Waals surface area contributed by atoms with Crippen molar-refractivity contribution >= 4 is 12.3 Å². The standard InChI is InChI=1S/C11H8O4/c1-15-10-5-4-9(11(13)14)7-8(10)3-2-6-12/h4-7H,1H3,(H,13,14). The van der Waals surface area contributed by atoms with Gasteiger partial charge in [-0.3, -0.25) is 4.79 Å². The maximum absolute atomic E-state index is 10.7. The monoisotopic (exact) mass is 204 g/mol. The summed E-state index contributed by atoms with van der Waals surface area (Å²) in [7, 11) is 1.45. The molecule has 0 heterocycles. The Kier molecular flexibility index (Phi) is 3.47. The molecule has 1 aromatic carbocycles. The molecule has 0 amide bonds. The molecule has 0 radical (unpaired) electrons. The van der Waals surface area contributed by atoms with E-state index < -0.39 is 5.97 Å². The van der Waals surface area contributed by atoms with Gasteiger partial charge in [0.05, 0.1) is 18.2 Å². The van der Waals surface area contributed by atoms with Gasteiger partial charge in [0.2, 0.25) is 0 Å². The lowest BCUT2D eigenvalue weighted by molar-refractivity contribution is -0.103. The summed E-state index contributed by atoms with van der Waals surface area (Å²) in [5, 5.41) is 8.74. The molecule has 4 heteroatoms. The first-order valence-corrected chi connectivity index (χ1v) is 4.05. The van der Waals surface area contributed by atoms with E-state index in [1.165, 1.54) is 25.3 Å². The molecule has 15 heavy (non-hydrogen) atoms. The molecule has 0 fully saturated rings. The number of rotatable bonds is 2. The summed E-state index contributed by atoms with van der Waals surface area (Å²) < 4.78 is 4.97. The van der Waals surface area contributed by atoms with Gasteiger partial charge >= 0.3 is 5.97 Å². The van der Waals surface area contributed by atoms with Crippen LogP contribution in [0.1, 0.15) is 15.9 Å². The van der Waals surface area contributed by atoms with E-state index in [0.717, 1.165) is 0 Å². The Bertz CT molecular complexity index is 451. The van der Waals surface area contributed by atoms with E-state index in [0.29, 0.717) is 17.6 Å². The van der Waals surface area contributed by atoms with Gasteiger partial charge in [0, 0.05) is 0 Å². The van der Waals surface area contributed by atoms with Gasteiger partial charge in [0.1, 0.15) is 5.75 Å². The maximum atomic E-state index is 10.7. The minimum Gasteiger partial charge on any atom is -0.495 e. The quantitative estimate of drug-likeness (QED) is 0.575. The molecule has 0 atom stereocenters. The van der Waals surface area contributed by atoms with Gasteiger partial charge in [-0.25, -0.2) is 4.79 Å². The van der Waals surface area contributed by atoms with E-state index in [-0.39, 0.29) is 5.56 Å². The number of benzene rings is 1. The Balaban J connectivity index is 3.24. The van der Waals surface area contributed by atoms with Crippen LogP contribution in [0.15, 0.2) is 18.2 Å². The van der Waals surface area contributed by atoms with Crippen LogP contribution in [0.25, 0.3) is 0 Å². The minimum atomic E-state index is -1.05. The third-order valence-corrected chi connectivity index (χ3v) is 1.71. The van der Waals surface area contributed by atoms with Gasteiger partial charge in [-0.1, -0.05) is 5.92 Å². The number of aromatic carboxylic acids is 1. The fourth-order valence-electron chi connectivity index (χ4n) is 1.05. The summed E-state index contributed by atoms with van der Waals surface area (Å²) in [4.78, 5) is 20.7. The normalized spacial score (nSPS) is 8.60. The van der Waals surface area contributed by atoms with Gasteiger partial charge in [-0.2, -0.15) is 0 Å². The van der Waals surface area contributed by atoms with Crippen LogP contribution in [-0.2, 0) is 4.79 Å². The molecule has 0 aliphatic heterocycles. The van der Waals surface area contributed by atoms with Crippen molar-refractivity contribution in [1.29, 1.82) is 0 Å². The SMILES string of the molecule is COc1ccc(C(=O)O)cc1C#CC=O. The number of hydrogen-bond acceptors (Lipinski definition) is 3. The third kappa shape index (κ3) is 2.58. The first kappa shape index (κ1) is 10.8. The smallest absolute Gasteiger partial charge is 0.335 e. The van der Waals surface area contributed by atoms with Crippen molar-refractivity contribution in [3.8, 4) is 17.6 Å². The van der Waals surface area contributed by atoms with E-state index in [9.17, 15) is 9.59 Å². The van der Waals surface area contributed by atoms with Crippen molar-refractivity contribution in [1.82, 2.24) is 0 Å². The van der Waals surface area contributed by atoms with Crippen molar-refractivity contribution < 1.29 is 19.4 Å². The van der Waals surface area contributed by atoms with Crippen LogP contribution in [0.4, 0.5) is 0 Å². The predicted molar refractivity (Wildman–Crippen MR) is 52.9 cm³/mol. The van der Waals surface area contributed by atoms with Gasteiger partial charge < -0.3 is 9.84 Å². The van der Waals surface area contributed by atoms with E-state index in [1.54, 1.807) is 0 Å². The lowest BCUT2D eigenvalue weighted by Crippen LogP contribution is -1.98. The zero-order valence-electron chi connectivity index (χ0n) is 7.98. The zero-order valence-corrected chi connectivity index (χ0v) is 7.98. The second-order valence-electron chi connectivity index (χ2n) is 2.61. The zero-order chi connectivity index (χ0) is 11.3. The molecule has 76 valence electrons. The average molecular weight is 204 g/mol. The predicted octanol–water partition coefficient (Wildman–Crippen LogP) is 0.944. The van der Waals surface area contributed by atoms with Crippen molar-refractivity contribution in [2.75, 3.05) is 7.11 Å². The minimum absolute atomic E-state index is 0.103. The molecule has 1 rings (SSSR count). The van der Waals surface area contributed by atoms with Crippen LogP contribution in [0, 0.1) is 11.8 Å². The molecule has 0 saturated heterocycles. The molecule has 0 bridgehead atoms. The molecule has 0 saturated carbocycles. The number of carbonyl (C=O) groups excluding carboxylic acids is 1. The van der Waals surface area contributed by atoms with Crippen LogP contribution < -0.4 is 4.74 Å². The number of aldehydes is 1. The second-order valence-corrected chi connectivity index (χ2v) is 2.61. The number of methoxy groups -OCH3 is 1. The second kappa shape index (κ2) is 4.82. The highest BCUT2D eigenvalue weighted by atomic mass is 16.5.